The van der Waals surface area contributed by atoms with Gasteiger partial charge in [-0.3, -0.25) is 9.59 Å². The summed E-state index contributed by atoms with van der Waals surface area (Å²) in [5.74, 6) is -0.705. The summed E-state index contributed by atoms with van der Waals surface area (Å²) < 4.78 is 0. The van der Waals surface area contributed by atoms with E-state index >= 15 is 0 Å². The molecule has 108 valence electrons. The van der Waals surface area contributed by atoms with Gasteiger partial charge in [0.25, 0.3) is 0 Å². The fraction of sp³-hybridized carbons (Fsp3) is 0.467. The Morgan fingerprint density at radius 2 is 2.10 bits per heavy atom. The summed E-state index contributed by atoms with van der Waals surface area (Å²) in [7, 11) is 2.01. The van der Waals surface area contributed by atoms with Crippen LogP contribution in [0.4, 0.5) is 5.69 Å². The second kappa shape index (κ2) is 5.94. The fourth-order valence-corrected chi connectivity index (χ4v) is 2.50. The Balaban J connectivity index is 1.96. The van der Waals surface area contributed by atoms with Gasteiger partial charge < -0.3 is 15.5 Å². The molecule has 5 heteroatoms. The van der Waals surface area contributed by atoms with Crippen molar-refractivity contribution in [2.45, 2.75) is 19.4 Å². The van der Waals surface area contributed by atoms with Crippen LogP contribution in [-0.4, -0.2) is 42.9 Å². The number of rotatable bonds is 5. The Morgan fingerprint density at radius 1 is 1.45 bits per heavy atom. The summed E-state index contributed by atoms with van der Waals surface area (Å²) in [4.78, 5) is 26.9. The van der Waals surface area contributed by atoms with Crippen LogP contribution in [0.25, 0.3) is 0 Å². The molecule has 1 aliphatic rings. The van der Waals surface area contributed by atoms with Crippen molar-refractivity contribution in [2.75, 3.05) is 25.0 Å². The van der Waals surface area contributed by atoms with Gasteiger partial charge in [-0.15, -0.1) is 0 Å². The van der Waals surface area contributed by atoms with Crippen molar-refractivity contribution in [1.82, 2.24) is 4.90 Å². The van der Waals surface area contributed by atoms with E-state index in [1.54, 1.807) is 4.90 Å². The highest BCUT2D eigenvalue weighted by molar-refractivity contribution is 5.88. The number of primary amides is 1. The molecule has 1 heterocycles. The average molecular weight is 275 g/mol. The molecule has 1 aromatic carbocycles. The zero-order valence-electron chi connectivity index (χ0n) is 12.0. The van der Waals surface area contributed by atoms with Crippen LogP contribution in [0.3, 0.4) is 0 Å². The van der Waals surface area contributed by atoms with Crippen LogP contribution in [0.15, 0.2) is 30.3 Å². The highest BCUT2D eigenvalue weighted by Gasteiger charge is 2.33. The van der Waals surface area contributed by atoms with E-state index in [-0.39, 0.29) is 30.2 Å². The molecule has 20 heavy (non-hydrogen) atoms. The van der Waals surface area contributed by atoms with Crippen molar-refractivity contribution in [3.05, 3.63) is 30.3 Å². The van der Waals surface area contributed by atoms with E-state index in [1.807, 2.05) is 37.4 Å². The summed E-state index contributed by atoms with van der Waals surface area (Å²) in [6.45, 7) is 3.12. The van der Waals surface area contributed by atoms with Crippen LogP contribution in [-0.2, 0) is 9.59 Å². The predicted molar refractivity (Wildman–Crippen MR) is 78.2 cm³/mol. The van der Waals surface area contributed by atoms with Crippen LogP contribution < -0.4 is 10.6 Å². The first-order valence-electron chi connectivity index (χ1n) is 6.84. The average Bonchev–Trinajstić information content (AvgIpc) is 2.80. The van der Waals surface area contributed by atoms with Gasteiger partial charge in [-0.1, -0.05) is 18.2 Å². The highest BCUT2D eigenvalue weighted by atomic mass is 16.2. The summed E-state index contributed by atoms with van der Waals surface area (Å²) in [5, 5.41) is 0. The van der Waals surface area contributed by atoms with Crippen molar-refractivity contribution >= 4 is 17.5 Å². The van der Waals surface area contributed by atoms with E-state index in [4.69, 9.17) is 5.73 Å². The highest BCUT2D eigenvalue weighted by Crippen LogP contribution is 2.20. The van der Waals surface area contributed by atoms with Crippen molar-refractivity contribution in [1.29, 1.82) is 0 Å². The minimum absolute atomic E-state index is 0.0158. The largest absolute Gasteiger partial charge is 0.370 e. The topological polar surface area (TPSA) is 66.6 Å². The summed E-state index contributed by atoms with van der Waals surface area (Å²) in [5.41, 5.74) is 6.38. The van der Waals surface area contributed by atoms with Crippen LogP contribution in [0.1, 0.15) is 13.3 Å². The first-order valence-corrected chi connectivity index (χ1v) is 6.84. The molecule has 5 nitrogen and oxygen atoms in total. The smallest absolute Gasteiger partial charge is 0.223 e. The van der Waals surface area contributed by atoms with Gasteiger partial charge in [0.1, 0.15) is 0 Å². The number of carbonyl (C=O) groups is 2. The van der Waals surface area contributed by atoms with Gasteiger partial charge in [-0.05, 0) is 19.1 Å². The van der Waals surface area contributed by atoms with Crippen molar-refractivity contribution in [3.63, 3.8) is 0 Å². The Hall–Kier alpha value is -2.04. The molecule has 0 aromatic heterocycles. The quantitative estimate of drug-likeness (QED) is 0.866. The summed E-state index contributed by atoms with van der Waals surface area (Å²) in [6, 6.07) is 10.2. The van der Waals surface area contributed by atoms with Crippen LogP contribution in [0, 0.1) is 5.92 Å². The molecule has 0 aliphatic carbocycles. The van der Waals surface area contributed by atoms with Crippen LogP contribution in [0.2, 0.25) is 0 Å². The predicted octanol–water partition coefficient (Wildman–Crippen LogP) is 0.845. The standard InChI is InChI=1S/C15H21N3O2/c1-11(17(2)13-6-4-3-5-7-13)9-18-10-12(15(16)20)8-14(18)19/h3-7,11-12H,8-10H2,1-2H3,(H2,16,20). The third-order valence-electron chi connectivity index (χ3n) is 3.93. The molecule has 1 aliphatic heterocycles. The number of hydrogen-bond donors (Lipinski definition) is 1. The van der Waals surface area contributed by atoms with Gasteiger partial charge >= 0.3 is 0 Å². The van der Waals surface area contributed by atoms with Gasteiger partial charge in [0.05, 0.1) is 5.92 Å². The number of nitrogens with two attached hydrogens (primary N) is 1. The molecule has 0 radical (unpaired) electrons. The van der Waals surface area contributed by atoms with E-state index in [1.165, 1.54) is 0 Å². The molecule has 1 aromatic rings. The molecule has 2 unspecified atom stereocenters. The molecule has 2 amide bonds. The Bertz CT molecular complexity index is 489. The van der Waals surface area contributed by atoms with Gasteiger partial charge in [0, 0.05) is 38.3 Å². The van der Waals surface area contributed by atoms with E-state index in [0.29, 0.717) is 13.1 Å². The van der Waals surface area contributed by atoms with Crippen LogP contribution in [0.5, 0.6) is 0 Å². The Kier molecular flexibility index (Phi) is 4.27. The number of amides is 2. The Labute approximate surface area is 119 Å². The number of likely N-dealkylation sites (tertiary alicyclic amines) is 1. The second-order valence-corrected chi connectivity index (χ2v) is 5.40. The van der Waals surface area contributed by atoms with E-state index in [9.17, 15) is 9.59 Å². The molecule has 2 atom stereocenters. The normalized spacial score (nSPS) is 20.0. The number of likely N-dealkylation sites (N-methyl/N-ethyl adjacent to an activating group) is 1. The monoisotopic (exact) mass is 275 g/mol. The first-order chi connectivity index (χ1) is 9.49. The minimum atomic E-state index is -0.384. The SMILES string of the molecule is CC(CN1CC(C(N)=O)CC1=O)N(C)c1ccccc1. The number of benzene rings is 1. The number of nitrogens with zero attached hydrogens (tertiary/aromatic N) is 2. The van der Waals surface area contributed by atoms with Gasteiger partial charge in [-0.2, -0.15) is 0 Å². The molecule has 0 bridgehead atoms. The lowest BCUT2D eigenvalue weighted by atomic mass is 10.1. The molecule has 2 rings (SSSR count). The zero-order chi connectivity index (χ0) is 14.7. The molecule has 0 saturated carbocycles. The molecule has 0 spiro atoms. The fourth-order valence-electron chi connectivity index (χ4n) is 2.50. The molecular weight excluding hydrogens is 254 g/mol. The van der Waals surface area contributed by atoms with E-state index in [2.05, 4.69) is 11.8 Å². The Morgan fingerprint density at radius 3 is 2.65 bits per heavy atom. The third kappa shape index (κ3) is 3.10. The summed E-state index contributed by atoms with van der Waals surface area (Å²) in [6.07, 6.45) is 0.247. The van der Waals surface area contributed by atoms with E-state index in [0.717, 1.165) is 5.69 Å². The first kappa shape index (κ1) is 14.4. The lowest BCUT2D eigenvalue weighted by molar-refractivity contribution is -0.128. The van der Waals surface area contributed by atoms with Crippen molar-refractivity contribution < 1.29 is 9.59 Å². The number of carbonyl (C=O) groups excluding carboxylic acids is 2. The maximum atomic E-state index is 11.9. The zero-order valence-corrected chi connectivity index (χ0v) is 12.0. The van der Waals surface area contributed by atoms with Gasteiger partial charge in [0.2, 0.25) is 11.8 Å². The molecule has 1 saturated heterocycles. The van der Waals surface area contributed by atoms with Crippen molar-refractivity contribution in [3.8, 4) is 0 Å². The van der Waals surface area contributed by atoms with Gasteiger partial charge in [0.15, 0.2) is 0 Å². The number of anilines is 1. The van der Waals surface area contributed by atoms with E-state index < -0.39 is 0 Å². The molecule has 2 N–H and O–H groups in total. The lowest BCUT2D eigenvalue weighted by Crippen LogP contribution is -2.41. The number of hydrogen-bond acceptors (Lipinski definition) is 3. The third-order valence-corrected chi connectivity index (χ3v) is 3.93. The maximum Gasteiger partial charge on any atom is 0.223 e. The number of para-hydroxylation sites is 1. The van der Waals surface area contributed by atoms with Gasteiger partial charge in [-0.25, -0.2) is 0 Å². The molecule has 1 fully saturated rings. The van der Waals surface area contributed by atoms with Crippen molar-refractivity contribution in [2.24, 2.45) is 11.7 Å². The lowest BCUT2D eigenvalue weighted by Gasteiger charge is -2.30. The van der Waals surface area contributed by atoms with Crippen LogP contribution >= 0.6 is 0 Å². The second-order valence-electron chi connectivity index (χ2n) is 5.40. The summed E-state index contributed by atoms with van der Waals surface area (Å²) >= 11 is 0. The maximum absolute atomic E-state index is 11.9. The minimum Gasteiger partial charge on any atom is -0.370 e. The molecular formula is C15H21N3O2.